The lowest BCUT2D eigenvalue weighted by Gasteiger charge is -2.03. The summed E-state index contributed by atoms with van der Waals surface area (Å²) in [6.07, 6.45) is 1.37. The molecule has 0 aromatic heterocycles. The van der Waals surface area contributed by atoms with Gasteiger partial charge in [-0.05, 0) is 30.3 Å². The molecule has 0 radical (unpaired) electrons. The molecule has 0 saturated carbocycles. The van der Waals surface area contributed by atoms with Gasteiger partial charge in [0.05, 0.1) is 16.6 Å². The number of guanidine groups is 1. The molecule has 2 rings (SSSR count). The van der Waals surface area contributed by atoms with E-state index in [4.69, 9.17) is 28.9 Å². The molecule has 0 aliphatic rings. The Hall–Kier alpha value is -2.77. The van der Waals surface area contributed by atoms with Gasteiger partial charge in [0, 0.05) is 17.3 Å². The van der Waals surface area contributed by atoms with Crippen LogP contribution in [0.25, 0.3) is 0 Å². The van der Waals surface area contributed by atoms with Gasteiger partial charge < -0.3 is 15.9 Å². The van der Waals surface area contributed by atoms with Crippen LogP contribution in [0, 0.1) is 0 Å². The third-order valence-electron chi connectivity index (χ3n) is 3.06. The molecule has 0 aliphatic carbocycles. The normalized spacial score (nSPS) is 11.7. The zero-order valence-electron chi connectivity index (χ0n) is 12.8. The predicted octanol–water partition coefficient (Wildman–Crippen LogP) is 2.53. The summed E-state index contributed by atoms with van der Waals surface area (Å²) >= 11 is 12.0. The van der Waals surface area contributed by atoms with Crippen LogP contribution in [0.1, 0.15) is 15.9 Å². The number of aromatic hydroxyl groups is 2. The van der Waals surface area contributed by atoms with E-state index in [1.54, 1.807) is 18.2 Å². The van der Waals surface area contributed by atoms with Gasteiger partial charge in [-0.1, -0.05) is 29.3 Å². The van der Waals surface area contributed by atoms with Gasteiger partial charge >= 0.3 is 0 Å². The Morgan fingerprint density at radius 1 is 1.16 bits per heavy atom. The van der Waals surface area contributed by atoms with Crippen molar-refractivity contribution in [2.24, 2.45) is 15.8 Å². The number of rotatable bonds is 5. The highest BCUT2D eigenvalue weighted by Gasteiger charge is 2.08. The number of carbonyl (C=O) groups is 1. The monoisotopic (exact) mass is 380 g/mol. The largest absolute Gasteiger partial charge is 0.504 e. The summed E-state index contributed by atoms with van der Waals surface area (Å²) < 4.78 is 0. The molecular formula is C16H14Cl2N4O3. The second-order valence-electron chi connectivity index (χ2n) is 4.83. The zero-order chi connectivity index (χ0) is 18.4. The number of phenolic OH excluding ortho intramolecular Hbond substituents is 2. The van der Waals surface area contributed by atoms with Crippen LogP contribution in [0.5, 0.6) is 11.5 Å². The van der Waals surface area contributed by atoms with Crippen LogP contribution in [0.15, 0.2) is 46.5 Å². The van der Waals surface area contributed by atoms with Crippen LogP contribution in [0.3, 0.4) is 0 Å². The first kappa shape index (κ1) is 18.6. The minimum Gasteiger partial charge on any atom is -0.504 e. The van der Waals surface area contributed by atoms with Gasteiger partial charge in [-0.15, -0.1) is 5.10 Å². The first-order valence-corrected chi connectivity index (χ1v) is 7.73. The number of benzene rings is 2. The Bertz CT molecular complexity index is 833. The molecule has 0 bridgehead atoms. The molecule has 0 aliphatic heterocycles. The highest BCUT2D eigenvalue weighted by atomic mass is 35.5. The number of nitrogens with zero attached hydrogens (tertiary/aromatic N) is 2. The summed E-state index contributed by atoms with van der Waals surface area (Å²) in [5, 5.41) is 23.2. The SMILES string of the molecule is NC(N=Cc1c(Cl)cccc1Cl)=NNCC(=O)c1ccc(O)c(O)c1. The molecule has 9 heteroatoms. The number of Topliss-reactive ketones (excluding diaryl/α,β-unsaturated/α-hetero) is 1. The number of hydrazone groups is 1. The first-order valence-electron chi connectivity index (χ1n) is 6.97. The van der Waals surface area contributed by atoms with Crippen molar-refractivity contribution in [3.63, 3.8) is 0 Å². The number of carbonyl (C=O) groups excluding carboxylic acids is 1. The molecule has 0 amide bonds. The summed E-state index contributed by atoms with van der Waals surface area (Å²) in [5.74, 6) is -1.17. The smallest absolute Gasteiger partial charge is 0.237 e. The van der Waals surface area contributed by atoms with Crippen LogP contribution in [-0.2, 0) is 0 Å². The summed E-state index contributed by atoms with van der Waals surface area (Å²) in [4.78, 5) is 15.8. The van der Waals surface area contributed by atoms with Crippen LogP contribution < -0.4 is 11.2 Å². The maximum Gasteiger partial charge on any atom is 0.237 e. The molecule has 7 nitrogen and oxygen atoms in total. The molecule has 0 heterocycles. The number of ketones is 1. The Balaban J connectivity index is 1.96. The fraction of sp³-hybridized carbons (Fsp3) is 0.0625. The van der Waals surface area contributed by atoms with Gasteiger partial charge in [-0.3, -0.25) is 10.2 Å². The van der Waals surface area contributed by atoms with Crippen molar-refractivity contribution in [2.45, 2.75) is 0 Å². The summed E-state index contributed by atoms with van der Waals surface area (Å²) in [6.45, 7) is -0.173. The number of halogens is 2. The van der Waals surface area contributed by atoms with Crippen LogP contribution in [0.2, 0.25) is 10.0 Å². The maximum atomic E-state index is 11.9. The lowest BCUT2D eigenvalue weighted by atomic mass is 10.1. The van der Waals surface area contributed by atoms with E-state index in [1.165, 1.54) is 18.3 Å². The third kappa shape index (κ3) is 5.10. The Morgan fingerprint density at radius 2 is 1.84 bits per heavy atom. The van der Waals surface area contributed by atoms with Gasteiger partial charge in [0.2, 0.25) is 5.96 Å². The minimum absolute atomic E-state index is 0.127. The van der Waals surface area contributed by atoms with E-state index in [2.05, 4.69) is 15.5 Å². The quantitative estimate of drug-likeness (QED) is 0.209. The van der Waals surface area contributed by atoms with Crippen LogP contribution in [0.4, 0.5) is 0 Å². The number of aliphatic imine (C=N–C) groups is 1. The van der Waals surface area contributed by atoms with Crippen molar-refractivity contribution in [1.82, 2.24) is 5.43 Å². The Kier molecular flexibility index (Phi) is 6.21. The van der Waals surface area contributed by atoms with Gasteiger partial charge in [0.25, 0.3) is 0 Å². The standard InChI is InChI=1S/C16H14Cl2N4O3/c17-11-2-1-3-12(18)10(11)7-20-16(19)22-21-8-15(25)9-4-5-13(23)14(24)6-9/h1-7,21,23-24H,8H2,(H2,19,22). The molecule has 0 saturated heterocycles. The number of hydrogen-bond acceptors (Lipinski definition) is 5. The van der Waals surface area contributed by atoms with Crippen molar-refractivity contribution in [2.75, 3.05) is 6.54 Å². The molecule has 25 heavy (non-hydrogen) atoms. The number of nitrogens with two attached hydrogens (primary N) is 1. The molecule has 130 valence electrons. The molecule has 2 aromatic rings. The van der Waals surface area contributed by atoms with Gasteiger partial charge in [0.1, 0.15) is 0 Å². The molecule has 2 aromatic carbocycles. The van der Waals surface area contributed by atoms with Crippen molar-refractivity contribution in [1.29, 1.82) is 0 Å². The number of hydrogen-bond donors (Lipinski definition) is 4. The first-order chi connectivity index (χ1) is 11.9. The fourth-order valence-corrected chi connectivity index (χ4v) is 2.28. The Labute approximate surface area is 153 Å². The highest BCUT2D eigenvalue weighted by Crippen LogP contribution is 2.25. The van der Waals surface area contributed by atoms with Gasteiger partial charge in [-0.2, -0.15) is 0 Å². The van der Waals surface area contributed by atoms with E-state index < -0.39 is 0 Å². The molecule has 0 unspecified atom stereocenters. The van der Waals surface area contributed by atoms with Crippen LogP contribution >= 0.6 is 23.2 Å². The van der Waals surface area contributed by atoms with Crippen molar-refractivity contribution in [3.8, 4) is 11.5 Å². The van der Waals surface area contributed by atoms with E-state index >= 15 is 0 Å². The summed E-state index contributed by atoms with van der Waals surface area (Å²) in [6, 6.07) is 8.78. The highest BCUT2D eigenvalue weighted by molar-refractivity contribution is 6.38. The maximum absolute atomic E-state index is 11.9. The van der Waals surface area contributed by atoms with Gasteiger partial charge in [-0.25, -0.2) is 4.99 Å². The zero-order valence-corrected chi connectivity index (χ0v) is 14.3. The minimum atomic E-state index is -0.380. The Morgan fingerprint density at radius 3 is 2.48 bits per heavy atom. The lowest BCUT2D eigenvalue weighted by molar-refractivity contribution is 0.0991. The van der Waals surface area contributed by atoms with E-state index in [1.807, 2.05) is 0 Å². The van der Waals surface area contributed by atoms with E-state index in [-0.39, 0.29) is 35.4 Å². The van der Waals surface area contributed by atoms with E-state index in [0.717, 1.165) is 6.07 Å². The molecule has 0 fully saturated rings. The second-order valence-corrected chi connectivity index (χ2v) is 5.64. The van der Waals surface area contributed by atoms with E-state index in [0.29, 0.717) is 15.6 Å². The average Bonchev–Trinajstić information content (AvgIpc) is 2.56. The number of nitrogens with one attached hydrogen (secondary N) is 1. The molecular weight excluding hydrogens is 367 g/mol. The average molecular weight is 381 g/mol. The third-order valence-corrected chi connectivity index (χ3v) is 3.72. The van der Waals surface area contributed by atoms with Crippen molar-refractivity contribution >= 4 is 41.2 Å². The van der Waals surface area contributed by atoms with Crippen LogP contribution in [-0.4, -0.2) is 34.7 Å². The van der Waals surface area contributed by atoms with Crippen molar-refractivity contribution < 1.29 is 15.0 Å². The molecule has 5 N–H and O–H groups in total. The molecule has 0 atom stereocenters. The fourth-order valence-electron chi connectivity index (χ4n) is 1.78. The van der Waals surface area contributed by atoms with Crippen molar-refractivity contribution in [3.05, 3.63) is 57.6 Å². The van der Waals surface area contributed by atoms with E-state index in [9.17, 15) is 15.0 Å². The van der Waals surface area contributed by atoms with Gasteiger partial charge in [0.15, 0.2) is 17.3 Å². The summed E-state index contributed by atoms with van der Waals surface area (Å²) in [7, 11) is 0. The summed E-state index contributed by atoms with van der Waals surface area (Å²) in [5.41, 5.74) is 8.79. The number of phenols is 2. The topological polar surface area (TPSA) is 120 Å². The second kappa shape index (κ2) is 8.36. The lowest BCUT2D eigenvalue weighted by Crippen LogP contribution is -2.22. The predicted molar refractivity (Wildman–Crippen MR) is 97.8 cm³/mol. The molecule has 0 spiro atoms.